The molecule has 0 atom stereocenters. The molecule has 3 heterocycles. The topological polar surface area (TPSA) is 76.1 Å². The summed E-state index contributed by atoms with van der Waals surface area (Å²) in [6, 6.07) is 7.60. The van der Waals surface area contributed by atoms with E-state index in [1.807, 2.05) is 31.2 Å². The second-order valence-electron chi connectivity index (χ2n) is 5.83. The van der Waals surface area contributed by atoms with E-state index < -0.39 is 0 Å². The maximum atomic E-state index is 11.8. The Morgan fingerprint density at radius 3 is 3.12 bits per heavy atom. The van der Waals surface area contributed by atoms with Crippen LogP contribution in [0.2, 0.25) is 0 Å². The number of aryl methyl sites for hydroxylation is 1. The van der Waals surface area contributed by atoms with Gasteiger partial charge in [0.2, 0.25) is 11.8 Å². The van der Waals surface area contributed by atoms with Crippen LogP contribution in [0.5, 0.6) is 11.6 Å². The fraction of sp³-hybridized carbons (Fsp3) is 0.105. The van der Waals surface area contributed by atoms with Crippen molar-refractivity contribution in [3.8, 4) is 11.6 Å². The average molecular weight is 332 g/mol. The Bertz CT molecular complexity index is 1010. The molecule has 6 nitrogen and oxygen atoms in total. The number of hydrogen-bond donors (Lipinski definition) is 2. The van der Waals surface area contributed by atoms with Crippen LogP contribution in [-0.4, -0.2) is 15.9 Å². The van der Waals surface area contributed by atoms with Gasteiger partial charge in [0.15, 0.2) is 5.75 Å². The van der Waals surface area contributed by atoms with Crippen LogP contribution in [0.25, 0.3) is 10.9 Å². The minimum atomic E-state index is -0.270. The lowest BCUT2D eigenvalue weighted by atomic mass is 10.1. The van der Waals surface area contributed by atoms with E-state index in [0.717, 1.165) is 22.2 Å². The van der Waals surface area contributed by atoms with E-state index in [4.69, 9.17) is 4.74 Å². The molecule has 2 aromatic heterocycles. The molecule has 0 spiro atoms. The van der Waals surface area contributed by atoms with Crippen LogP contribution in [0, 0.1) is 6.92 Å². The number of nitrogens with zero attached hydrogens (tertiary/aromatic N) is 2. The Kier molecular flexibility index (Phi) is 3.57. The minimum absolute atomic E-state index is 0.270. The van der Waals surface area contributed by atoms with E-state index in [9.17, 15) is 4.79 Å². The second-order valence-corrected chi connectivity index (χ2v) is 5.83. The lowest BCUT2D eigenvalue weighted by Gasteiger charge is -2.14. The molecule has 0 aliphatic carbocycles. The highest BCUT2D eigenvalue weighted by molar-refractivity contribution is 6.07. The Labute approximate surface area is 144 Å². The highest BCUT2D eigenvalue weighted by atomic mass is 16.5. The summed E-state index contributed by atoms with van der Waals surface area (Å²) in [5.74, 6) is 0.891. The average Bonchev–Trinajstić information content (AvgIpc) is 2.81. The largest absolute Gasteiger partial charge is 0.434 e. The van der Waals surface area contributed by atoms with Crippen molar-refractivity contribution in [2.45, 2.75) is 13.5 Å². The van der Waals surface area contributed by atoms with Crippen molar-refractivity contribution in [2.75, 3.05) is 10.6 Å². The number of aromatic nitrogens is 2. The van der Waals surface area contributed by atoms with Gasteiger partial charge in [-0.2, -0.15) is 0 Å². The number of nitrogens with one attached hydrogen (secondary N) is 2. The second kappa shape index (κ2) is 5.90. The van der Waals surface area contributed by atoms with E-state index in [2.05, 4.69) is 27.2 Å². The maximum absolute atomic E-state index is 11.8. The molecule has 1 aromatic carbocycles. The molecular formula is C19H16N4O2. The molecule has 124 valence electrons. The standard InChI is InChI=1S/C19H16N4O2/c1-3-16(24)23-14-8-12-10-21-15-7-11(2)9-22-19(15)25-18(12)17-13(14)5-4-6-20-17/h3-9,21H,1,10H2,2H3,(H,23,24). The third kappa shape index (κ3) is 2.67. The van der Waals surface area contributed by atoms with Crippen LogP contribution in [0.3, 0.4) is 0 Å². The summed E-state index contributed by atoms with van der Waals surface area (Å²) in [7, 11) is 0. The van der Waals surface area contributed by atoms with Gasteiger partial charge in [-0.15, -0.1) is 0 Å². The predicted molar refractivity (Wildman–Crippen MR) is 96.9 cm³/mol. The highest BCUT2D eigenvalue weighted by Crippen LogP contribution is 2.40. The number of carbonyl (C=O) groups excluding carboxylic acids is 1. The molecule has 1 aliphatic heterocycles. The summed E-state index contributed by atoms with van der Waals surface area (Å²) in [5.41, 5.74) is 4.12. The highest BCUT2D eigenvalue weighted by Gasteiger charge is 2.21. The van der Waals surface area contributed by atoms with E-state index >= 15 is 0 Å². The number of pyridine rings is 2. The monoisotopic (exact) mass is 332 g/mol. The molecule has 1 amide bonds. The molecule has 4 rings (SSSR count). The maximum Gasteiger partial charge on any atom is 0.247 e. The van der Waals surface area contributed by atoms with Gasteiger partial charge in [-0.05, 0) is 42.8 Å². The molecule has 0 saturated carbocycles. The number of rotatable bonds is 2. The smallest absolute Gasteiger partial charge is 0.247 e. The van der Waals surface area contributed by atoms with Gasteiger partial charge in [-0.25, -0.2) is 4.98 Å². The number of benzene rings is 1. The molecule has 0 saturated heterocycles. The third-order valence-corrected chi connectivity index (χ3v) is 4.02. The first-order valence-corrected chi connectivity index (χ1v) is 7.88. The Morgan fingerprint density at radius 1 is 1.40 bits per heavy atom. The lowest BCUT2D eigenvalue weighted by Crippen LogP contribution is -2.09. The van der Waals surface area contributed by atoms with Crippen molar-refractivity contribution in [1.82, 2.24) is 9.97 Å². The molecule has 6 heteroatoms. The van der Waals surface area contributed by atoms with Gasteiger partial charge in [0.1, 0.15) is 5.52 Å². The van der Waals surface area contributed by atoms with Crippen molar-refractivity contribution in [3.05, 3.63) is 60.4 Å². The number of ether oxygens (including phenoxy) is 1. The van der Waals surface area contributed by atoms with Gasteiger partial charge >= 0.3 is 0 Å². The first-order valence-electron chi connectivity index (χ1n) is 7.88. The summed E-state index contributed by atoms with van der Waals surface area (Å²) >= 11 is 0. The normalized spacial score (nSPS) is 12.2. The lowest BCUT2D eigenvalue weighted by molar-refractivity contribution is -0.111. The molecular weight excluding hydrogens is 316 g/mol. The Hall–Kier alpha value is -3.41. The van der Waals surface area contributed by atoms with Crippen LogP contribution in [0.15, 0.2) is 49.3 Å². The van der Waals surface area contributed by atoms with Crippen LogP contribution < -0.4 is 15.4 Å². The van der Waals surface area contributed by atoms with Crippen molar-refractivity contribution >= 4 is 28.2 Å². The molecule has 0 unspecified atom stereocenters. The van der Waals surface area contributed by atoms with Gasteiger partial charge in [-0.3, -0.25) is 9.78 Å². The zero-order valence-corrected chi connectivity index (χ0v) is 13.7. The van der Waals surface area contributed by atoms with E-state index in [1.165, 1.54) is 6.08 Å². The molecule has 0 radical (unpaired) electrons. The van der Waals surface area contributed by atoms with Crippen LogP contribution >= 0.6 is 0 Å². The Balaban J connectivity index is 1.90. The molecule has 0 fully saturated rings. The predicted octanol–water partition coefficient (Wildman–Crippen LogP) is 3.78. The Morgan fingerprint density at radius 2 is 2.28 bits per heavy atom. The van der Waals surface area contributed by atoms with E-state index in [-0.39, 0.29) is 5.91 Å². The van der Waals surface area contributed by atoms with Crippen LogP contribution in [-0.2, 0) is 11.3 Å². The van der Waals surface area contributed by atoms with Gasteiger partial charge in [-0.1, -0.05) is 6.58 Å². The number of carbonyl (C=O) groups is 1. The van der Waals surface area contributed by atoms with Crippen molar-refractivity contribution < 1.29 is 9.53 Å². The van der Waals surface area contributed by atoms with Crippen molar-refractivity contribution in [1.29, 1.82) is 0 Å². The van der Waals surface area contributed by atoms with E-state index in [1.54, 1.807) is 12.4 Å². The zero-order valence-electron chi connectivity index (χ0n) is 13.7. The summed E-state index contributed by atoms with van der Waals surface area (Å²) in [6.45, 7) is 6.02. The first-order chi connectivity index (χ1) is 12.2. The number of amides is 1. The number of hydrogen-bond acceptors (Lipinski definition) is 5. The first kappa shape index (κ1) is 15.1. The summed E-state index contributed by atoms with van der Waals surface area (Å²) in [6.07, 6.45) is 4.71. The van der Waals surface area contributed by atoms with Gasteiger partial charge < -0.3 is 15.4 Å². The van der Waals surface area contributed by atoms with Gasteiger partial charge in [0.25, 0.3) is 0 Å². The number of fused-ring (bicyclic) bond motifs is 4. The quantitative estimate of drug-likeness (QED) is 0.699. The van der Waals surface area contributed by atoms with Crippen molar-refractivity contribution in [3.63, 3.8) is 0 Å². The van der Waals surface area contributed by atoms with Crippen LogP contribution in [0.1, 0.15) is 11.1 Å². The SMILES string of the molecule is C=CC(=O)Nc1cc2c(c3ncccc13)Oc1ncc(C)cc1NC2. The number of anilines is 2. The molecule has 25 heavy (non-hydrogen) atoms. The van der Waals surface area contributed by atoms with Gasteiger partial charge in [0.05, 0.1) is 11.4 Å². The van der Waals surface area contributed by atoms with E-state index in [0.29, 0.717) is 29.4 Å². The van der Waals surface area contributed by atoms with Crippen LogP contribution in [0.4, 0.5) is 11.4 Å². The molecule has 0 bridgehead atoms. The fourth-order valence-corrected chi connectivity index (χ4v) is 2.86. The third-order valence-electron chi connectivity index (χ3n) is 4.02. The van der Waals surface area contributed by atoms with Gasteiger partial charge in [0, 0.05) is 29.9 Å². The minimum Gasteiger partial charge on any atom is -0.434 e. The summed E-state index contributed by atoms with van der Waals surface area (Å²) < 4.78 is 6.09. The summed E-state index contributed by atoms with van der Waals surface area (Å²) in [4.78, 5) is 20.6. The summed E-state index contributed by atoms with van der Waals surface area (Å²) in [5, 5.41) is 6.97. The van der Waals surface area contributed by atoms with Crippen molar-refractivity contribution in [2.24, 2.45) is 0 Å². The molecule has 1 aliphatic rings. The zero-order chi connectivity index (χ0) is 17.4. The molecule has 2 N–H and O–H groups in total. The fourth-order valence-electron chi connectivity index (χ4n) is 2.86. The molecule has 3 aromatic rings.